The SMILES string of the molecule is CC(NC(=O)C(N)CC(N)=O)c1nccs1. The van der Waals surface area contributed by atoms with Crippen LogP contribution in [0.5, 0.6) is 0 Å². The molecule has 7 heteroatoms. The molecule has 2 atom stereocenters. The summed E-state index contributed by atoms with van der Waals surface area (Å²) in [4.78, 5) is 26.2. The first-order chi connectivity index (χ1) is 7.50. The van der Waals surface area contributed by atoms with Crippen molar-refractivity contribution < 1.29 is 9.59 Å². The second-order valence-corrected chi connectivity index (χ2v) is 4.30. The van der Waals surface area contributed by atoms with E-state index in [2.05, 4.69) is 10.3 Å². The minimum absolute atomic E-state index is 0.156. The molecule has 0 bridgehead atoms. The summed E-state index contributed by atoms with van der Waals surface area (Å²) in [6, 6.07) is -1.12. The molecule has 0 aliphatic carbocycles. The van der Waals surface area contributed by atoms with Crippen molar-refractivity contribution >= 4 is 23.2 Å². The van der Waals surface area contributed by atoms with Crippen LogP contribution >= 0.6 is 11.3 Å². The largest absolute Gasteiger partial charge is 0.370 e. The van der Waals surface area contributed by atoms with E-state index in [0.717, 1.165) is 5.01 Å². The molecule has 0 aliphatic rings. The lowest BCUT2D eigenvalue weighted by atomic mass is 10.2. The Morgan fingerprint density at radius 2 is 2.31 bits per heavy atom. The van der Waals surface area contributed by atoms with Gasteiger partial charge in [-0.25, -0.2) is 4.98 Å². The first kappa shape index (κ1) is 12.6. The number of carbonyl (C=O) groups is 2. The first-order valence-electron chi connectivity index (χ1n) is 4.74. The van der Waals surface area contributed by atoms with Crippen LogP contribution < -0.4 is 16.8 Å². The van der Waals surface area contributed by atoms with Gasteiger partial charge in [-0.3, -0.25) is 9.59 Å². The van der Waals surface area contributed by atoms with Gasteiger partial charge in [-0.05, 0) is 6.92 Å². The van der Waals surface area contributed by atoms with Gasteiger partial charge in [-0.1, -0.05) is 0 Å². The second-order valence-electron chi connectivity index (χ2n) is 3.38. The number of hydrogen-bond acceptors (Lipinski definition) is 5. The zero-order chi connectivity index (χ0) is 12.1. The highest BCUT2D eigenvalue weighted by molar-refractivity contribution is 7.09. The van der Waals surface area contributed by atoms with Gasteiger partial charge in [0.05, 0.1) is 18.5 Å². The molecule has 5 N–H and O–H groups in total. The normalized spacial score (nSPS) is 14.1. The van der Waals surface area contributed by atoms with Crippen molar-refractivity contribution in [2.24, 2.45) is 11.5 Å². The summed E-state index contributed by atoms with van der Waals surface area (Å²) in [5, 5.41) is 5.28. The first-order valence-corrected chi connectivity index (χ1v) is 5.62. The third kappa shape index (κ3) is 3.59. The van der Waals surface area contributed by atoms with Crippen molar-refractivity contribution in [3.63, 3.8) is 0 Å². The highest BCUT2D eigenvalue weighted by Crippen LogP contribution is 2.14. The lowest BCUT2D eigenvalue weighted by Crippen LogP contribution is -2.43. The van der Waals surface area contributed by atoms with E-state index in [4.69, 9.17) is 11.5 Å². The predicted octanol–water partition coefficient (Wildman–Crippen LogP) is -0.477. The van der Waals surface area contributed by atoms with E-state index in [1.54, 1.807) is 13.1 Å². The van der Waals surface area contributed by atoms with Crippen molar-refractivity contribution in [3.05, 3.63) is 16.6 Å². The highest BCUT2D eigenvalue weighted by atomic mass is 32.1. The van der Waals surface area contributed by atoms with Gasteiger partial charge in [-0.15, -0.1) is 11.3 Å². The van der Waals surface area contributed by atoms with Gasteiger partial charge in [0.15, 0.2) is 0 Å². The zero-order valence-electron chi connectivity index (χ0n) is 8.84. The van der Waals surface area contributed by atoms with Gasteiger partial charge in [0.25, 0.3) is 0 Å². The Hall–Kier alpha value is -1.47. The number of nitrogens with zero attached hydrogens (tertiary/aromatic N) is 1. The maximum Gasteiger partial charge on any atom is 0.238 e. The van der Waals surface area contributed by atoms with Gasteiger partial charge in [0, 0.05) is 11.6 Å². The van der Waals surface area contributed by atoms with E-state index in [9.17, 15) is 9.59 Å². The minimum Gasteiger partial charge on any atom is -0.370 e. The minimum atomic E-state index is -0.903. The summed E-state index contributed by atoms with van der Waals surface area (Å²) in [5.74, 6) is -0.994. The van der Waals surface area contributed by atoms with Crippen LogP contribution in [0.15, 0.2) is 11.6 Å². The fraction of sp³-hybridized carbons (Fsp3) is 0.444. The van der Waals surface area contributed by atoms with Gasteiger partial charge in [0.2, 0.25) is 11.8 Å². The number of primary amides is 1. The number of carbonyl (C=O) groups excluding carboxylic acids is 2. The molecule has 0 fully saturated rings. The lowest BCUT2D eigenvalue weighted by Gasteiger charge is -2.14. The van der Waals surface area contributed by atoms with Crippen LogP contribution in [0.1, 0.15) is 24.4 Å². The average Bonchev–Trinajstić information content (AvgIpc) is 2.68. The number of amides is 2. The quantitative estimate of drug-likeness (QED) is 0.647. The average molecular weight is 242 g/mol. The summed E-state index contributed by atoms with van der Waals surface area (Å²) in [6.07, 6.45) is 1.50. The van der Waals surface area contributed by atoms with Crippen LogP contribution in [-0.2, 0) is 9.59 Å². The van der Waals surface area contributed by atoms with Crippen LogP contribution in [0.2, 0.25) is 0 Å². The number of nitrogens with two attached hydrogens (primary N) is 2. The Labute approximate surface area is 97.0 Å². The van der Waals surface area contributed by atoms with Crippen LogP contribution in [0.4, 0.5) is 0 Å². The maximum atomic E-state index is 11.5. The lowest BCUT2D eigenvalue weighted by molar-refractivity contribution is -0.126. The summed E-state index contributed by atoms with van der Waals surface area (Å²) in [7, 11) is 0. The fourth-order valence-corrected chi connectivity index (χ4v) is 1.79. The predicted molar refractivity (Wildman–Crippen MR) is 60.5 cm³/mol. The Kier molecular flexibility index (Phi) is 4.39. The van der Waals surface area contributed by atoms with Gasteiger partial charge >= 0.3 is 0 Å². The number of hydrogen-bond donors (Lipinski definition) is 3. The summed E-state index contributed by atoms with van der Waals surface area (Å²) >= 11 is 1.44. The van der Waals surface area contributed by atoms with Crippen LogP contribution in [0.25, 0.3) is 0 Å². The van der Waals surface area contributed by atoms with E-state index in [-0.39, 0.29) is 12.5 Å². The summed E-state index contributed by atoms with van der Waals surface area (Å²) in [6.45, 7) is 1.80. The number of rotatable bonds is 5. The third-order valence-corrected chi connectivity index (χ3v) is 2.90. The summed E-state index contributed by atoms with van der Waals surface area (Å²) in [5.41, 5.74) is 10.4. The summed E-state index contributed by atoms with van der Waals surface area (Å²) < 4.78 is 0. The van der Waals surface area contributed by atoms with E-state index in [1.165, 1.54) is 11.3 Å². The number of aromatic nitrogens is 1. The Morgan fingerprint density at radius 1 is 1.62 bits per heavy atom. The van der Waals surface area contributed by atoms with Crippen molar-refractivity contribution in [2.75, 3.05) is 0 Å². The molecule has 1 rings (SSSR count). The van der Waals surface area contributed by atoms with Crippen LogP contribution in [0.3, 0.4) is 0 Å². The van der Waals surface area contributed by atoms with Crippen molar-refractivity contribution in [3.8, 4) is 0 Å². The van der Waals surface area contributed by atoms with E-state index in [0.29, 0.717) is 0 Å². The topological polar surface area (TPSA) is 111 Å². The fourth-order valence-electron chi connectivity index (χ4n) is 1.14. The molecule has 1 aromatic heterocycles. The molecule has 0 spiro atoms. The molecular formula is C9H14N4O2S. The maximum absolute atomic E-state index is 11.5. The van der Waals surface area contributed by atoms with Gasteiger partial charge < -0.3 is 16.8 Å². The van der Waals surface area contributed by atoms with Gasteiger partial charge in [0.1, 0.15) is 5.01 Å². The second kappa shape index (κ2) is 5.57. The molecule has 0 aliphatic heterocycles. The smallest absolute Gasteiger partial charge is 0.238 e. The molecule has 0 aromatic carbocycles. The van der Waals surface area contributed by atoms with Crippen molar-refractivity contribution in [1.82, 2.24) is 10.3 Å². The molecule has 6 nitrogen and oxygen atoms in total. The number of nitrogens with one attached hydrogen (secondary N) is 1. The molecule has 2 amide bonds. The Bertz CT molecular complexity index is 366. The van der Waals surface area contributed by atoms with E-state index < -0.39 is 17.9 Å². The molecule has 88 valence electrons. The zero-order valence-corrected chi connectivity index (χ0v) is 9.66. The number of thiazole rings is 1. The van der Waals surface area contributed by atoms with Crippen molar-refractivity contribution in [1.29, 1.82) is 0 Å². The molecular weight excluding hydrogens is 228 g/mol. The van der Waals surface area contributed by atoms with Crippen LogP contribution in [-0.4, -0.2) is 22.8 Å². The molecule has 16 heavy (non-hydrogen) atoms. The van der Waals surface area contributed by atoms with E-state index in [1.807, 2.05) is 5.38 Å². The molecule has 0 saturated carbocycles. The third-order valence-electron chi connectivity index (χ3n) is 1.94. The highest BCUT2D eigenvalue weighted by Gasteiger charge is 2.19. The van der Waals surface area contributed by atoms with E-state index >= 15 is 0 Å². The standard InChI is InChI=1S/C9H14N4O2S/c1-5(9-12-2-3-16-9)13-8(15)6(10)4-7(11)14/h2-3,5-6H,4,10H2,1H3,(H2,11,14)(H,13,15). The molecule has 0 saturated heterocycles. The Balaban J connectivity index is 2.48. The molecule has 1 heterocycles. The van der Waals surface area contributed by atoms with Crippen molar-refractivity contribution in [2.45, 2.75) is 25.4 Å². The van der Waals surface area contributed by atoms with Crippen LogP contribution in [0, 0.1) is 0 Å². The molecule has 2 unspecified atom stereocenters. The monoisotopic (exact) mass is 242 g/mol. The molecule has 1 aromatic rings. The molecule has 0 radical (unpaired) electrons. The van der Waals surface area contributed by atoms with Gasteiger partial charge in [-0.2, -0.15) is 0 Å². The Morgan fingerprint density at radius 3 is 2.81 bits per heavy atom.